The Morgan fingerprint density at radius 1 is 1.03 bits per heavy atom. The van der Waals surface area contributed by atoms with Crippen molar-refractivity contribution in [1.82, 2.24) is 0 Å². The van der Waals surface area contributed by atoms with Crippen LogP contribution in [0.3, 0.4) is 0 Å². The lowest BCUT2D eigenvalue weighted by Crippen LogP contribution is -2.27. The van der Waals surface area contributed by atoms with E-state index >= 15 is 0 Å². The zero-order valence-electron chi connectivity index (χ0n) is 19.9. The molecule has 0 fully saturated rings. The zero-order valence-corrected chi connectivity index (χ0v) is 21.4. The van der Waals surface area contributed by atoms with Gasteiger partial charge in [-0.2, -0.15) is 0 Å². The van der Waals surface area contributed by atoms with Crippen molar-refractivity contribution >= 4 is 52.1 Å². The van der Waals surface area contributed by atoms with E-state index in [9.17, 15) is 9.59 Å². The van der Waals surface area contributed by atoms with Gasteiger partial charge >= 0.3 is 0 Å². The van der Waals surface area contributed by atoms with Gasteiger partial charge in [0.1, 0.15) is 6.04 Å². The number of amides is 2. The fourth-order valence-corrected chi connectivity index (χ4v) is 4.35. The van der Waals surface area contributed by atoms with Gasteiger partial charge in [0.25, 0.3) is 0 Å². The Labute approximate surface area is 215 Å². The lowest BCUT2D eigenvalue weighted by Gasteiger charge is -2.17. The fraction of sp³-hybridized carbons (Fsp3) is 0.250. The highest BCUT2D eigenvalue weighted by molar-refractivity contribution is 6.32. The van der Waals surface area contributed by atoms with Crippen LogP contribution in [-0.4, -0.2) is 23.6 Å². The molecule has 1 aliphatic rings. The summed E-state index contributed by atoms with van der Waals surface area (Å²) in [5.41, 5.74) is 4.27. The number of fused-ring (bicyclic) bond motifs is 1. The van der Waals surface area contributed by atoms with Gasteiger partial charge in [0, 0.05) is 39.7 Å². The van der Waals surface area contributed by atoms with Crippen LogP contribution in [-0.2, 0) is 16.0 Å². The van der Waals surface area contributed by atoms with Crippen LogP contribution in [0, 0.1) is 5.41 Å². The molecule has 1 atom stereocenters. The number of anilines is 2. The molecular formula is C28H27Cl2N3O2. The predicted octanol–water partition coefficient (Wildman–Crippen LogP) is 6.77. The van der Waals surface area contributed by atoms with Crippen molar-refractivity contribution in [2.75, 3.05) is 10.6 Å². The molecule has 1 unspecified atom stereocenters. The van der Waals surface area contributed by atoms with Gasteiger partial charge in [-0.15, -0.1) is 0 Å². The third-order valence-corrected chi connectivity index (χ3v) is 6.19. The second-order valence-electron chi connectivity index (χ2n) is 9.83. The first kappa shape index (κ1) is 25.0. The van der Waals surface area contributed by atoms with E-state index in [0.29, 0.717) is 40.0 Å². The van der Waals surface area contributed by atoms with Gasteiger partial charge in [0.05, 0.1) is 11.4 Å². The molecule has 0 spiro atoms. The molecule has 0 aliphatic carbocycles. The maximum Gasteiger partial charge on any atom is 0.249 e. The van der Waals surface area contributed by atoms with Gasteiger partial charge in [-0.1, -0.05) is 74.3 Å². The molecule has 5 nitrogen and oxygen atoms in total. The average molecular weight is 508 g/mol. The second kappa shape index (κ2) is 10.2. The summed E-state index contributed by atoms with van der Waals surface area (Å²) in [7, 11) is 0. The number of hydrogen-bond donors (Lipinski definition) is 2. The molecule has 0 saturated carbocycles. The summed E-state index contributed by atoms with van der Waals surface area (Å²) in [5, 5.41) is 7.07. The molecule has 4 rings (SSSR count). The number of rotatable bonds is 5. The molecule has 35 heavy (non-hydrogen) atoms. The first-order valence-electron chi connectivity index (χ1n) is 11.4. The molecule has 0 bridgehead atoms. The lowest BCUT2D eigenvalue weighted by atomic mass is 9.92. The average Bonchev–Trinajstić information content (AvgIpc) is 2.91. The molecule has 2 amide bonds. The highest BCUT2D eigenvalue weighted by Crippen LogP contribution is 2.29. The quantitative estimate of drug-likeness (QED) is 0.399. The van der Waals surface area contributed by atoms with E-state index in [2.05, 4.69) is 10.6 Å². The number of nitrogens with one attached hydrogen (secondary N) is 2. The van der Waals surface area contributed by atoms with Crippen molar-refractivity contribution in [2.24, 2.45) is 10.4 Å². The van der Waals surface area contributed by atoms with Crippen molar-refractivity contribution in [1.29, 1.82) is 0 Å². The van der Waals surface area contributed by atoms with E-state index in [1.54, 1.807) is 24.3 Å². The molecule has 0 saturated heterocycles. The molecule has 1 aliphatic heterocycles. The fourth-order valence-electron chi connectivity index (χ4n) is 3.96. The summed E-state index contributed by atoms with van der Waals surface area (Å²) in [5.74, 6) is -0.252. The molecule has 3 aromatic rings. The van der Waals surface area contributed by atoms with E-state index < -0.39 is 6.04 Å². The predicted molar refractivity (Wildman–Crippen MR) is 144 cm³/mol. The second-order valence-corrected chi connectivity index (χ2v) is 10.7. The number of aliphatic imine (C=N–C) groups is 1. The Balaban J connectivity index is 1.69. The van der Waals surface area contributed by atoms with Gasteiger partial charge in [0.2, 0.25) is 11.8 Å². The Hall–Kier alpha value is -3.15. The first-order valence-corrected chi connectivity index (χ1v) is 12.2. The summed E-state index contributed by atoms with van der Waals surface area (Å²) in [4.78, 5) is 30.3. The largest absolute Gasteiger partial charge is 0.326 e. The first-order chi connectivity index (χ1) is 16.6. The standard InChI is InChI=1S/C28H27Cl2N3O2/c1-28(2,3)16-25(34)31-20-11-8-17(9-12-20)26-21-15-19(29)10-13-23(21)33-27(35)24(32-26)14-18-6-4-5-7-22(18)30/h4-13,15,24H,14,16H2,1-3H3,(H,31,34)(H,33,35). The van der Waals surface area contributed by atoms with Crippen molar-refractivity contribution in [3.8, 4) is 0 Å². The minimum Gasteiger partial charge on any atom is -0.326 e. The minimum absolute atomic E-state index is 0.0382. The van der Waals surface area contributed by atoms with Crippen LogP contribution in [0.5, 0.6) is 0 Å². The molecule has 7 heteroatoms. The number of carbonyl (C=O) groups excluding carboxylic acids is 2. The Morgan fingerprint density at radius 3 is 2.43 bits per heavy atom. The maximum absolute atomic E-state index is 13.1. The lowest BCUT2D eigenvalue weighted by molar-refractivity contribution is -0.118. The van der Waals surface area contributed by atoms with Crippen LogP contribution in [0.25, 0.3) is 0 Å². The normalized spacial score (nSPS) is 15.5. The summed E-state index contributed by atoms with van der Waals surface area (Å²) in [6.45, 7) is 6.07. The Kier molecular flexibility index (Phi) is 7.29. The third kappa shape index (κ3) is 6.30. The van der Waals surface area contributed by atoms with Gasteiger partial charge in [-0.3, -0.25) is 14.6 Å². The molecule has 180 valence electrons. The topological polar surface area (TPSA) is 70.6 Å². The molecular weight excluding hydrogens is 481 g/mol. The molecule has 0 radical (unpaired) electrons. The maximum atomic E-state index is 13.1. The third-order valence-electron chi connectivity index (χ3n) is 5.59. The Bertz CT molecular complexity index is 1290. The minimum atomic E-state index is -0.678. The van der Waals surface area contributed by atoms with Gasteiger partial charge < -0.3 is 10.6 Å². The van der Waals surface area contributed by atoms with Crippen LogP contribution < -0.4 is 10.6 Å². The van der Waals surface area contributed by atoms with Crippen molar-refractivity contribution < 1.29 is 9.59 Å². The van der Waals surface area contributed by atoms with Crippen molar-refractivity contribution in [2.45, 2.75) is 39.7 Å². The monoisotopic (exact) mass is 507 g/mol. The number of hydrogen-bond acceptors (Lipinski definition) is 3. The molecule has 3 aromatic carbocycles. The van der Waals surface area contributed by atoms with Crippen molar-refractivity contribution in [3.05, 3.63) is 93.5 Å². The summed E-state index contributed by atoms with van der Waals surface area (Å²) < 4.78 is 0. The molecule has 2 N–H and O–H groups in total. The number of benzodiazepines with no additional fused rings is 1. The van der Waals surface area contributed by atoms with Crippen LogP contribution >= 0.6 is 23.2 Å². The van der Waals surface area contributed by atoms with E-state index in [1.807, 2.05) is 63.2 Å². The Morgan fingerprint density at radius 2 is 1.74 bits per heavy atom. The number of nitrogens with zero attached hydrogens (tertiary/aromatic N) is 1. The zero-order chi connectivity index (χ0) is 25.2. The van der Waals surface area contributed by atoms with Gasteiger partial charge in [-0.05, 0) is 47.4 Å². The summed E-state index contributed by atoms with van der Waals surface area (Å²) in [6.07, 6.45) is 0.780. The molecule has 1 heterocycles. The SMILES string of the molecule is CC(C)(C)CC(=O)Nc1ccc(C2=NC(Cc3ccccc3Cl)C(=O)Nc3ccc(Cl)cc32)cc1. The van der Waals surface area contributed by atoms with Crippen molar-refractivity contribution in [3.63, 3.8) is 0 Å². The van der Waals surface area contributed by atoms with Crippen LogP contribution in [0.15, 0.2) is 71.7 Å². The van der Waals surface area contributed by atoms with Gasteiger partial charge in [-0.25, -0.2) is 0 Å². The summed E-state index contributed by atoms with van der Waals surface area (Å²) in [6, 6.07) is 19.5. The highest BCUT2D eigenvalue weighted by atomic mass is 35.5. The van der Waals surface area contributed by atoms with E-state index in [-0.39, 0.29) is 17.2 Å². The summed E-state index contributed by atoms with van der Waals surface area (Å²) >= 11 is 12.7. The number of carbonyl (C=O) groups is 2. The van der Waals surface area contributed by atoms with Gasteiger partial charge in [0.15, 0.2) is 0 Å². The number of halogens is 2. The van der Waals surface area contributed by atoms with E-state index in [0.717, 1.165) is 16.7 Å². The van der Waals surface area contributed by atoms with E-state index in [4.69, 9.17) is 28.2 Å². The smallest absolute Gasteiger partial charge is 0.249 e. The highest BCUT2D eigenvalue weighted by Gasteiger charge is 2.27. The number of benzene rings is 3. The van der Waals surface area contributed by atoms with E-state index in [1.165, 1.54) is 0 Å². The van der Waals surface area contributed by atoms with Crippen LogP contribution in [0.1, 0.15) is 43.9 Å². The van der Waals surface area contributed by atoms with Crippen LogP contribution in [0.2, 0.25) is 10.0 Å². The van der Waals surface area contributed by atoms with Crippen LogP contribution in [0.4, 0.5) is 11.4 Å². The molecule has 0 aromatic heterocycles.